The summed E-state index contributed by atoms with van der Waals surface area (Å²) in [4.78, 5) is 21.3. The van der Waals surface area contributed by atoms with Crippen molar-refractivity contribution in [1.29, 1.82) is 0 Å². The normalized spacial score (nSPS) is 11.9. The maximum atomic E-state index is 13.5. The lowest BCUT2D eigenvalue weighted by Crippen LogP contribution is -2.29. The van der Waals surface area contributed by atoms with Gasteiger partial charge in [0.25, 0.3) is 11.6 Å². The average molecular weight is 275 g/mol. The van der Waals surface area contributed by atoms with Crippen LogP contribution in [0.2, 0.25) is 0 Å². The summed E-state index contributed by atoms with van der Waals surface area (Å²) in [6.45, 7) is 2.15. The lowest BCUT2D eigenvalue weighted by atomic mass is 10.1. The molecule has 1 atom stereocenters. The largest absolute Gasteiger partial charge is 0.352 e. The number of rotatable bonds is 5. The molecule has 0 saturated carbocycles. The van der Waals surface area contributed by atoms with Gasteiger partial charge in [-0.05, 0) is 12.0 Å². The molecular weight excluding hydrogens is 263 g/mol. The summed E-state index contributed by atoms with van der Waals surface area (Å²) in [6, 6.07) is 2.90. The van der Waals surface area contributed by atoms with E-state index in [1.165, 1.54) is 0 Å². The van der Waals surface area contributed by atoms with Crippen molar-refractivity contribution >= 4 is 23.2 Å². The fourth-order valence-corrected chi connectivity index (χ4v) is 1.33. The van der Waals surface area contributed by atoms with Crippen LogP contribution >= 0.6 is 11.6 Å². The Balaban J connectivity index is 2.78. The van der Waals surface area contributed by atoms with E-state index < -0.39 is 22.3 Å². The molecule has 0 spiro atoms. The number of nitro groups is 1. The van der Waals surface area contributed by atoms with Gasteiger partial charge in [0.15, 0.2) is 0 Å². The van der Waals surface area contributed by atoms with Gasteiger partial charge in [-0.2, -0.15) is 0 Å². The van der Waals surface area contributed by atoms with E-state index in [-0.39, 0.29) is 11.5 Å². The maximum Gasteiger partial charge on any atom is 0.272 e. The number of hydrogen-bond donors (Lipinski definition) is 1. The van der Waals surface area contributed by atoms with Gasteiger partial charge in [-0.15, -0.1) is 11.6 Å². The molecular formula is C11H12ClFN2O3. The Bertz CT molecular complexity index is 468. The zero-order chi connectivity index (χ0) is 13.7. The molecule has 1 N–H and O–H groups in total. The first-order valence-corrected chi connectivity index (χ1v) is 5.77. The van der Waals surface area contributed by atoms with Gasteiger partial charge < -0.3 is 5.32 Å². The van der Waals surface area contributed by atoms with Crippen molar-refractivity contribution < 1.29 is 14.1 Å². The fraction of sp³-hybridized carbons (Fsp3) is 0.364. The van der Waals surface area contributed by atoms with Crippen LogP contribution in [0.1, 0.15) is 17.3 Å². The number of nitro benzene ring substituents is 1. The van der Waals surface area contributed by atoms with Crippen LogP contribution in [0.3, 0.4) is 0 Å². The molecule has 98 valence electrons. The molecule has 1 aromatic rings. The van der Waals surface area contributed by atoms with Crippen molar-refractivity contribution in [2.24, 2.45) is 5.92 Å². The summed E-state index contributed by atoms with van der Waals surface area (Å²) < 4.78 is 13.5. The van der Waals surface area contributed by atoms with Crippen molar-refractivity contribution in [3.63, 3.8) is 0 Å². The van der Waals surface area contributed by atoms with Crippen LogP contribution < -0.4 is 5.32 Å². The second-order valence-electron chi connectivity index (χ2n) is 3.89. The molecule has 0 aliphatic carbocycles. The van der Waals surface area contributed by atoms with Crippen LogP contribution in [0.5, 0.6) is 0 Å². The van der Waals surface area contributed by atoms with E-state index in [1.807, 2.05) is 6.92 Å². The van der Waals surface area contributed by atoms with Crippen LogP contribution in [0.4, 0.5) is 10.1 Å². The average Bonchev–Trinajstić information content (AvgIpc) is 2.35. The Hall–Kier alpha value is -1.69. The number of halogens is 2. The van der Waals surface area contributed by atoms with Gasteiger partial charge in [0.05, 0.1) is 16.6 Å². The van der Waals surface area contributed by atoms with E-state index >= 15 is 0 Å². The molecule has 0 radical (unpaired) electrons. The molecule has 0 aliphatic heterocycles. The zero-order valence-corrected chi connectivity index (χ0v) is 10.4. The molecule has 0 heterocycles. The number of carbonyl (C=O) groups excluding carboxylic acids is 1. The topological polar surface area (TPSA) is 72.2 Å². The quantitative estimate of drug-likeness (QED) is 0.509. The zero-order valence-electron chi connectivity index (χ0n) is 9.65. The van der Waals surface area contributed by atoms with E-state index in [0.717, 1.165) is 18.2 Å². The minimum absolute atomic E-state index is 0.0664. The van der Waals surface area contributed by atoms with E-state index in [4.69, 9.17) is 11.6 Å². The van der Waals surface area contributed by atoms with Crippen LogP contribution in [0, 0.1) is 21.8 Å². The molecule has 7 heteroatoms. The van der Waals surface area contributed by atoms with Crippen LogP contribution in [0.15, 0.2) is 18.2 Å². The predicted molar refractivity (Wildman–Crippen MR) is 65.3 cm³/mol. The van der Waals surface area contributed by atoms with Gasteiger partial charge in [-0.3, -0.25) is 14.9 Å². The second-order valence-corrected chi connectivity index (χ2v) is 4.20. The van der Waals surface area contributed by atoms with Gasteiger partial charge in [-0.25, -0.2) is 4.39 Å². The molecule has 1 rings (SSSR count). The molecule has 1 aromatic carbocycles. The number of non-ortho nitro benzene ring substituents is 1. The van der Waals surface area contributed by atoms with Gasteiger partial charge in [-0.1, -0.05) is 6.92 Å². The number of amides is 1. The molecule has 0 saturated heterocycles. The summed E-state index contributed by atoms with van der Waals surface area (Å²) in [5.41, 5.74) is -0.611. The highest BCUT2D eigenvalue weighted by Gasteiger charge is 2.16. The number of alkyl halides is 1. The van der Waals surface area contributed by atoms with E-state index in [2.05, 4.69) is 5.32 Å². The van der Waals surface area contributed by atoms with Crippen molar-refractivity contribution in [2.75, 3.05) is 12.4 Å². The Labute approximate surface area is 108 Å². The Morgan fingerprint density at radius 3 is 2.78 bits per heavy atom. The first-order valence-electron chi connectivity index (χ1n) is 5.23. The van der Waals surface area contributed by atoms with Crippen molar-refractivity contribution in [2.45, 2.75) is 6.92 Å². The first kappa shape index (κ1) is 14.4. The second kappa shape index (κ2) is 6.30. The molecule has 1 amide bonds. The third kappa shape index (κ3) is 3.66. The van der Waals surface area contributed by atoms with E-state index in [0.29, 0.717) is 12.4 Å². The number of hydrogen-bond acceptors (Lipinski definition) is 3. The molecule has 0 aromatic heterocycles. The summed E-state index contributed by atoms with van der Waals surface area (Å²) in [7, 11) is 0. The third-order valence-corrected chi connectivity index (χ3v) is 2.81. The fourth-order valence-electron chi connectivity index (χ4n) is 1.22. The number of nitrogens with one attached hydrogen (secondary N) is 1. The molecule has 1 unspecified atom stereocenters. The minimum Gasteiger partial charge on any atom is -0.352 e. The Morgan fingerprint density at radius 1 is 1.61 bits per heavy atom. The number of carbonyl (C=O) groups is 1. The molecule has 0 fully saturated rings. The van der Waals surface area contributed by atoms with Crippen LogP contribution in [-0.4, -0.2) is 23.3 Å². The monoisotopic (exact) mass is 274 g/mol. The summed E-state index contributed by atoms with van der Waals surface area (Å²) in [5, 5.41) is 12.9. The molecule has 0 bridgehead atoms. The van der Waals surface area contributed by atoms with E-state index in [1.54, 1.807) is 0 Å². The van der Waals surface area contributed by atoms with Crippen LogP contribution in [-0.2, 0) is 0 Å². The van der Waals surface area contributed by atoms with Crippen LogP contribution in [0.25, 0.3) is 0 Å². The number of nitrogens with zero attached hydrogens (tertiary/aromatic N) is 1. The predicted octanol–water partition coefficient (Wildman–Crippen LogP) is 2.34. The van der Waals surface area contributed by atoms with Crippen molar-refractivity contribution in [3.8, 4) is 0 Å². The Morgan fingerprint density at radius 2 is 2.28 bits per heavy atom. The number of benzene rings is 1. The summed E-state index contributed by atoms with van der Waals surface area (Å²) in [6.07, 6.45) is 0. The van der Waals surface area contributed by atoms with E-state index in [9.17, 15) is 19.3 Å². The molecule has 5 nitrogen and oxygen atoms in total. The van der Waals surface area contributed by atoms with Crippen molar-refractivity contribution in [3.05, 3.63) is 39.7 Å². The maximum absolute atomic E-state index is 13.5. The highest BCUT2D eigenvalue weighted by atomic mass is 35.5. The molecule has 0 aliphatic rings. The lowest BCUT2D eigenvalue weighted by Gasteiger charge is -2.09. The molecule has 18 heavy (non-hydrogen) atoms. The lowest BCUT2D eigenvalue weighted by molar-refractivity contribution is -0.385. The van der Waals surface area contributed by atoms with Gasteiger partial charge in [0.1, 0.15) is 5.82 Å². The summed E-state index contributed by atoms with van der Waals surface area (Å²) in [5.74, 6) is -1.08. The van der Waals surface area contributed by atoms with Gasteiger partial charge in [0, 0.05) is 18.5 Å². The van der Waals surface area contributed by atoms with Gasteiger partial charge in [0.2, 0.25) is 0 Å². The van der Waals surface area contributed by atoms with Crippen molar-refractivity contribution in [1.82, 2.24) is 5.32 Å². The highest BCUT2D eigenvalue weighted by Crippen LogP contribution is 2.16. The first-order chi connectivity index (χ1) is 8.45. The SMILES string of the molecule is CC(CCl)CNC(=O)c1ccc([N+](=O)[O-])cc1F. The third-order valence-electron chi connectivity index (χ3n) is 2.28. The minimum atomic E-state index is -0.916. The smallest absolute Gasteiger partial charge is 0.272 e. The summed E-state index contributed by atoms with van der Waals surface area (Å²) >= 11 is 5.57. The standard InChI is InChI=1S/C11H12ClFN2O3/c1-7(5-12)6-14-11(16)9-3-2-8(15(17)18)4-10(9)13/h2-4,7H,5-6H2,1H3,(H,14,16). The van der Waals surface area contributed by atoms with Gasteiger partial charge >= 0.3 is 0 Å². The highest BCUT2D eigenvalue weighted by molar-refractivity contribution is 6.18. The Kier molecular flexibility index (Phi) is 5.03.